The minimum absolute atomic E-state index is 0.226. The van der Waals surface area contributed by atoms with Crippen LogP contribution in [-0.2, 0) is 4.74 Å². The maximum absolute atomic E-state index is 9.47. The minimum Gasteiger partial charge on any atom is -0.508 e. The number of phenols is 1. The van der Waals surface area contributed by atoms with Gasteiger partial charge in [0, 0.05) is 24.3 Å². The summed E-state index contributed by atoms with van der Waals surface area (Å²) in [5.41, 5.74) is 1.15. The molecule has 3 atom stereocenters. The van der Waals surface area contributed by atoms with Gasteiger partial charge < -0.3 is 19.9 Å². The highest BCUT2D eigenvalue weighted by molar-refractivity contribution is 5.44. The summed E-state index contributed by atoms with van der Waals surface area (Å²) in [4.78, 5) is 0. The average Bonchev–Trinajstić information content (AvgIpc) is 3.02. The smallest absolute Gasteiger partial charge is 0.127 e. The van der Waals surface area contributed by atoms with Gasteiger partial charge in [0.25, 0.3) is 0 Å². The Morgan fingerprint density at radius 3 is 2.95 bits per heavy atom. The van der Waals surface area contributed by atoms with Crippen LogP contribution in [0.4, 0.5) is 0 Å². The number of aromatic hydroxyl groups is 1. The molecule has 0 spiro atoms. The Kier molecular flexibility index (Phi) is 2.67. The standard InChI is InChI=1S/C15H19NO3/c17-10-3-4-11-13(8-19-14(11)7-10)16-12-5-6-18-15(12)9-1-2-9/h3-4,7,9,12-13,15-17H,1-2,5-6,8H2. The van der Waals surface area contributed by atoms with Gasteiger partial charge in [0.05, 0.1) is 12.1 Å². The zero-order chi connectivity index (χ0) is 12.8. The fourth-order valence-electron chi connectivity index (χ4n) is 3.27. The number of fused-ring (bicyclic) bond motifs is 1. The van der Waals surface area contributed by atoms with E-state index in [9.17, 15) is 5.11 Å². The molecule has 2 heterocycles. The van der Waals surface area contributed by atoms with Crippen molar-refractivity contribution in [2.75, 3.05) is 13.2 Å². The maximum atomic E-state index is 9.47. The second-order valence-corrected chi connectivity index (χ2v) is 5.82. The normalized spacial score (nSPS) is 33.2. The van der Waals surface area contributed by atoms with E-state index in [2.05, 4.69) is 5.32 Å². The van der Waals surface area contributed by atoms with Crippen LogP contribution in [0.3, 0.4) is 0 Å². The lowest BCUT2D eigenvalue weighted by Crippen LogP contribution is -2.40. The summed E-state index contributed by atoms with van der Waals surface area (Å²) in [7, 11) is 0. The van der Waals surface area contributed by atoms with E-state index in [1.54, 1.807) is 12.1 Å². The van der Waals surface area contributed by atoms with Gasteiger partial charge >= 0.3 is 0 Å². The third-order valence-electron chi connectivity index (χ3n) is 4.42. The number of rotatable bonds is 3. The van der Waals surface area contributed by atoms with Crippen LogP contribution in [0.15, 0.2) is 18.2 Å². The molecule has 102 valence electrons. The Bertz CT molecular complexity index is 486. The van der Waals surface area contributed by atoms with Crippen molar-refractivity contribution < 1.29 is 14.6 Å². The molecule has 3 aliphatic rings. The predicted octanol–water partition coefficient (Wildman–Crippen LogP) is 1.98. The second kappa shape index (κ2) is 4.39. The van der Waals surface area contributed by atoms with E-state index >= 15 is 0 Å². The molecule has 1 aromatic carbocycles. The molecule has 1 aromatic rings. The molecule has 4 rings (SSSR count). The second-order valence-electron chi connectivity index (χ2n) is 5.82. The van der Waals surface area contributed by atoms with Crippen LogP contribution < -0.4 is 10.1 Å². The van der Waals surface area contributed by atoms with Crippen molar-refractivity contribution in [2.24, 2.45) is 5.92 Å². The Morgan fingerprint density at radius 1 is 1.21 bits per heavy atom. The highest BCUT2D eigenvalue weighted by atomic mass is 16.5. The van der Waals surface area contributed by atoms with Gasteiger partial charge in [-0.15, -0.1) is 0 Å². The van der Waals surface area contributed by atoms with Crippen molar-refractivity contribution in [3.05, 3.63) is 23.8 Å². The molecular weight excluding hydrogens is 242 g/mol. The molecule has 2 N–H and O–H groups in total. The molecule has 4 heteroatoms. The maximum Gasteiger partial charge on any atom is 0.127 e. The topological polar surface area (TPSA) is 50.7 Å². The molecule has 0 radical (unpaired) electrons. The van der Waals surface area contributed by atoms with E-state index in [1.165, 1.54) is 12.8 Å². The third-order valence-corrected chi connectivity index (χ3v) is 4.42. The highest BCUT2D eigenvalue weighted by Crippen LogP contribution is 2.41. The summed E-state index contributed by atoms with van der Waals surface area (Å²) in [6.45, 7) is 1.52. The molecule has 0 amide bonds. The van der Waals surface area contributed by atoms with Gasteiger partial charge in [0.1, 0.15) is 18.1 Å². The summed E-state index contributed by atoms with van der Waals surface area (Å²) in [5.74, 6) is 1.83. The monoisotopic (exact) mass is 261 g/mol. The van der Waals surface area contributed by atoms with Crippen molar-refractivity contribution in [1.82, 2.24) is 5.32 Å². The zero-order valence-corrected chi connectivity index (χ0v) is 10.8. The first-order valence-corrected chi connectivity index (χ1v) is 7.14. The van der Waals surface area contributed by atoms with E-state index in [0.717, 1.165) is 30.3 Å². The number of phenolic OH excluding ortho intramolecular Hbond substituents is 1. The van der Waals surface area contributed by atoms with Crippen LogP contribution in [0.5, 0.6) is 11.5 Å². The fourth-order valence-corrected chi connectivity index (χ4v) is 3.27. The van der Waals surface area contributed by atoms with Gasteiger partial charge in [-0.25, -0.2) is 0 Å². The van der Waals surface area contributed by atoms with Gasteiger partial charge in [-0.05, 0) is 37.3 Å². The predicted molar refractivity (Wildman–Crippen MR) is 70.3 cm³/mol. The van der Waals surface area contributed by atoms with Gasteiger partial charge in [-0.1, -0.05) is 0 Å². The molecule has 0 bridgehead atoms. The lowest BCUT2D eigenvalue weighted by Gasteiger charge is -2.23. The molecule has 3 unspecified atom stereocenters. The molecule has 0 aromatic heterocycles. The van der Waals surface area contributed by atoms with Crippen LogP contribution in [0.1, 0.15) is 30.9 Å². The lowest BCUT2D eigenvalue weighted by atomic mass is 10.0. The molecule has 1 aliphatic carbocycles. The zero-order valence-electron chi connectivity index (χ0n) is 10.8. The quantitative estimate of drug-likeness (QED) is 0.873. The average molecular weight is 261 g/mol. The van der Waals surface area contributed by atoms with Crippen LogP contribution in [-0.4, -0.2) is 30.5 Å². The lowest BCUT2D eigenvalue weighted by molar-refractivity contribution is 0.0781. The largest absolute Gasteiger partial charge is 0.508 e. The molecule has 4 nitrogen and oxygen atoms in total. The highest BCUT2D eigenvalue weighted by Gasteiger charge is 2.42. The molecule has 2 aliphatic heterocycles. The van der Waals surface area contributed by atoms with Crippen molar-refractivity contribution in [2.45, 2.75) is 37.5 Å². The van der Waals surface area contributed by atoms with Crippen molar-refractivity contribution >= 4 is 0 Å². The van der Waals surface area contributed by atoms with Crippen LogP contribution >= 0.6 is 0 Å². The molecule has 1 saturated heterocycles. The number of ether oxygens (including phenoxy) is 2. The van der Waals surface area contributed by atoms with Gasteiger partial charge in [-0.2, -0.15) is 0 Å². The van der Waals surface area contributed by atoms with E-state index in [-0.39, 0.29) is 11.8 Å². The number of nitrogens with one attached hydrogen (secondary N) is 1. The van der Waals surface area contributed by atoms with Crippen molar-refractivity contribution in [1.29, 1.82) is 0 Å². The van der Waals surface area contributed by atoms with E-state index < -0.39 is 0 Å². The van der Waals surface area contributed by atoms with Crippen molar-refractivity contribution in [3.8, 4) is 11.5 Å². The summed E-state index contributed by atoms with van der Waals surface area (Å²) in [6.07, 6.45) is 4.11. The third kappa shape index (κ3) is 2.09. The van der Waals surface area contributed by atoms with Gasteiger partial charge in [-0.3, -0.25) is 0 Å². The minimum atomic E-state index is 0.226. The van der Waals surface area contributed by atoms with Crippen LogP contribution in [0, 0.1) is 5.92 Å². The van der Waals surface area contributed by atoms with Gasteiger partial charge in [0.2, 0.25) is 0 Å². The number of hydrogen-bond acceptors (Lipinski definition) is 4. The Hall–Kier alpha value is -1.26. The van der Waals surface area contributed by atoms with Crippen LogP contribution in [0.25, 0.3) is 0 Å². The first-order valence-electron chi connectivity index (χ1n) is 7.14. The summed E-state index contributed by atoms with van der Waals surface area (Å²) in [5, 5.41) is 13.2. The van der Waals surface area contributed by atoms with Gasteiger partial charge in [0.15, 0.2) is 0 Å². The molecule has 1 saturated carbocycles. The summed E-state index contributed by atoms with van der Waals surface area (Å²) < 4.78 is 11.5. The number of hydrogen-bond donors (Lipinski definition) is 2. The Morgan fingerprint density at radius 2 is 2.11 bits per heavy atom. The fraction of sp³-hybridized carbons (Fsp3) is 0.600. The van der Waals surface area contributed by atoms with E-state index in [4.69, 9.17) is 9.47 Å². The molecule has 2 fully saturated rings. The van der Waals surface area contributed by atoms with Crippen molar-refractivity contribution in [3.63, 3.8) is 0 Å². The first kappa shape index (κ1) is 11.6. The van der Waals surface area contributed by atoms with E-state index in [0.29, 0.717) is 18.8 Å². The summed E-state index contributed by atoms with van der Waals surface area (Å²) >= 11 is 0. The Labute approximate surface area is 112 Å². The molecular formula is C15H19NO3. The first-order chi connectivity index (χ1) is 9.31. The van der Waals surface area contributed by atoms with Crippen LogP contribution in [0.2, 0.25) is 0 Å². The Balaban J connectivity index is 1.49. The SMILES string of the molecule is Oc1ccc2c(c1)OCC2NC1CCOC1C1CC1. The number of benzene rings is 1. The van der Waals surface area contributed by atoms with E-state index in [1.807, 2.05) is 6.07 Å². The molecule has 19 heavy (non-hydrogen) atoms. The summed E-state index contributed by atoms with van der Waals surface area (Å²) in [6, 6.07) is 6.05.